The van der Waals surface area contributed by atoms with Crippen molar-refractivity contribution in [3.05, 3.63) is 35.9 Å². The van der Waals surface area contributed by atoms with Crippen LogP contribution in [0.2, 0.25) is 0 Å². The van der Waals surface area contributed by atoms with Gasteiger partial charge in [0.05, 0.1) is 24.2 Å². The summed E-state index contributed by atoms with van der Waals surface area (Å²) in [7, 11) is 0. The van der Waals surface area contributed by atoms with E-state index in [0.717, 1.165) is 12.0 Å². The summed E-state index contributed by atoms with van der Waals surface area (Å²) in [4.78, 5) is 12.0. The molecule has 106 valence electrons. The molecule has 2 aliphatic heterocycles. The Labute approximate surface area is 118 Å². The summed E-state index contributed by atoms with van der Waals surface area (Å²) in [5.41, 5.74) is 0.649. The molecule has 0 unspecified atom stereocenters. The van der Waals surface area contributed by atoms with Crippen LogP contribution in [0.1, 0.15) is 31.6 Å². The number of carbonyl (C=O) groups excluding carboxylic acids is 1. The van der Waals surface area contributed by atoms with Crippen LogP contribution in [0.4, 0.5) is 0 Å². The molecule has 0 aromatic heterocycles. The zero-order chi connectivity index (χ0) is 13.7. The summed E-state index contributed by atoms with van der Waals surface area (Å²) < 4.78 is 17.3. The number of esters is 1. The van der Waals surface area contributed by atoms with Gasteiger partial charge in [-0.15, -0.1) is 0 Å². The van der Waals surface area contributed by atoms with E-state index in [-0.39, 0.29) is 30.4 Å². The number of benzene rings is 1. The quantitative estimate of drug-likeness (QED) is 0.738. The highest BCUT2D eigenvalue weighted by Gasteiger charge is 2.57. The van der Waals surface area contributed by atoms with Gasteiger partial charge in [-0.25, -0.2) is 0 Å². The Morgan fingerprint density at radius 1 is 1.15 bits per heavy atom. The normalized spacial score (nSPS) is 43.0. The molecule has 0 spiro atoms. The van der Waals surface area contributed by atoms with Crippen LogP contribution in [0, 0.1) is 11.3 Å². The average molecular weight is 274 g/mol. The van der Waals surface area contributed by atoms with Crippen molar-refractivity contribution in [1.82, 2.24) is 0 Å². The molecule has 0 N–H and O–H groups in total. The SMILES string of the molecule is C[C@]12C[C@@H]3O[C@@H](c4ccccc4)O[C@@H]3C[C@H]1COC2=O. The number of cyclic esters (lactones) is 1. The number of rotatable bonds is 1. The van der Waals surface area contributed by atoms with Crippen LogP contribution in [0.25, 0.3) is 0 Å². The molecule has 3 aliphatic rings. The van der Waals surface area contributed by atoms with Crippen molar-refractivity contribution >= 4 is 5.97 Å². The molecule has 1 aromatic carbocycles. The molecule has 0 bridgehead atoms. The van der Waals surface area contributed by atoms with Gasteiger partial charge in [-0.1, -0.05) is 30.3 Å². The summed E-state index contributed by atoms with van der Waals surface area (Å²) in [5, 5.41) is 0. The van der Waals surface area contributed by atoms with Crippen molar-refractivity contribution in [2.75, 3.05) is 6.61 Å². The van der Waals surface area contributed by atoms with Gasteiger partial charge in [0.15, 0.2) is 6.29 Å². The molecule has 20 heavy (non-hydrogen) atoms. The van der Waals surface area contributed by atoms with Crippen LogP contribution in [-0.2, 0) is 19.0 Å². The largest absolute Gasteiger partial charge is 0.465 e. The summed E-state index contributed by atoms with van der Waals surface area (Å²) >= 11 is 0. The van der Waals surface area contributed by atoms with E-state index in [1.807, 2.05) is 37.3 Å². The maximum absolute atomic E-state index is 12.0. The number of carbonyl (C=O) groups is 1. The highest BCUT2D eigenvalue weighted by atomic mass is 16.7. The van der Waals surface area contributed by atoms with Gasteiger partial charge in [-0.05, 0) is 19.8 Å². The molecule has 1 aromatic rings. The number of fused-ring (bicyclic) bond motifs is 2. The van der Waals surface area contributed by atoms with Crippen molar-refractivity contribution in [2.45, 2.75) is 38.3 Å². The molecule has 5 atom stereocenters. The van der Waals surface area contributed by atoms with E-state index in [4.69, 9.17) is 14.2 Å². The topological polar surface area (TPSA) is 44.8 Å². The van der Waals surface area contributed by atoms with Crippen molar-refractivity contribution in [3.8, 4) is 0 Å². The molecule has 0 radical (unpaired) electrons. The molecule has 1 saturated carbocycles. The standard InChI is InChI=1S/C16H18O4/c1-16-8-13-12(7-11(16)9-18-15(16)17)19-14(20-13)10-5-3-2-4-6-10/h2-6,11-14H,7-9H2,1H3/t11-,12+,13-,14-,16-/m0/s1. The fourth-order valence-corrected chi connectivity index (χ4v) is 3.65. The van der Waals surface area contributed by atoms with Crippen LogP contribution in [0.3, 0.4) is 0 Å². The second-order valence-electron chi connectivity index (χ2n) is 6.24. The monoisotopic (exact) mass is 274 g/mol. The molecule has 4 nitrogen and oxygen atoms in total. The van der Waals surface area contributed by atoms with Gasteiger partial charge in [0.25, 0.3) is 0 Å². The highest BCUT2D eigenvalue weighted by Crippen LogP contribution is 2.51. The first-order valence-electron chi connectivity index (χ1n) is 7.20. The first-order valence-corrected chi connectivity index (χ1v) is 7.20. The lowest BCUT2D eigenvalue weighted by molar-refractivity contribution is -0.148. The van der Waals surface area contributed by atoms with E-state index in [2.05, 4.69) is 0 Å². The Kier molecular flexibility index (Phi) is 2.66. The Hall–Kier alpha value is -1.39. The number of hydrogen-bond donors (Lipinski definition) is 0. The van der Waals surface area contributed by atoms with Crippen molar-refractivity contribution < 1.29 is 19.0 Å². The average Bonchev–Trinajstić information content (AvgIpc) is 2.99. The summed E-state index contributed by atoms with van der Waals surface area (Å²) in [6, 6.07) is 9.97. The third kappa shape index (κ3) is 1.71. The van der Waals surface area contributed by atoms with E-state index < -0.39 is 5.41 Å². The molecule has 1 aliphatic carbocycles. The summed E-state index contributed by atoms with van der Waals surface area (Å²) in [5.74, 6) is 0.182. The Morgan fingerprint density at radius 2 is 1.90 bits per heavy atom. The van der Waals surface area contributed by atoms with E-state index in [1.54, 1.807) is 0 Å². The molecular weight excluding hydrogens is 256 g/mol. The molecule has 4 rings (SSSR count). The zero-order valence-corrected chi connectivity index (χ0v) is 11.5. The Balaban J connectivity index is 1.55. The fraction of sp³-hybridized carbons (Fsp3) is 0.562. The second kappa shape index (κ2) is 4.30. The Morgan fingerprint density at radius 3 is 2.70 bits per heavy atom. The van der Waals surface area contributed by atoms with Crippen LogP contribution in [0.5, 0.6) is 0 Å². The summed E-state index contributed by atoms with van der Waals surface area (Å²) in [6.07, 6.45) is 1.31. The van der Waals surface area contributed by atoms with Crippen LogP contribution < -0.4 is 0 Å². The first-order chi connectivity index (χ1) is 9.67. The fourth-order valence-electron chi connectivity index (χ4n) is 3.65. The van der Waals surface area contributed by atoms with Gasteiger partial charge >= 0.3 is 5.97 Å². The van der Waals surface area contributed by atoms with Gasteiger partial charge in [-0.3, -0.25) is 4.79 Å². The lowest BCUT2D eigenvalue weighted by Gasteiger charge is -2.36. The predicted octanol–water partition coefficient (Wildman–Crippen LogP) is 2.44. The third-order valence-corrected chi connectivity index (χ3v) is 5.01. The van der Waals surface area contributed by atoms with Crippen molar-refractivity contribution in [2.24, 2.45) is 11.3 Å². The lowest BCUT2D eigenvalue weighted by atomic mass is 9.67. The zero-order valence-electron chi connectivity index (χ0n) is 11.5. The van der Waals surface area contributed by atoms with Gasteiger partial charge < -0.3 is 14.2 Å². The number of hydrogen-bond acceptors (Lipinski definition) is 4. The van der Waals surface area contributed by atoms with E-state index >= 15 is 0 Å². The second-order valence-corrected chi connectivity index (χ2v) is 6.24. The van der Waals surface area contributed by atoms with Crippen molar-refractivity contribution in [3.63, 3.8) is 0 Å². The molecule has 2 heterocycles. The molecule has 4 heteroatoms. The van der Waals surface area contributed by atoms with Gasteiger partial charge in [0.1, 0.15) is 0 Å². The minimum Gasteiger partial charge on any atom is -0.465 e. The van der Waals surface area contributed by atoms with Crippen molar-refractivity contribution in [1.29, 1.82) is 0 Å². The van der Waals surface area contributed by atoms with Gasteiger partial charge in [0, 0.05) is 11.5 Å². The van der Waals surface area contributed by atoms with E-state index in [1.165, 1.54) is 0 Å². The van der Waals surface area contributed by atoms with Gasteiger partial charge in [-0.2, -0.15) is 0 Å². The summed E-state index contributed by atoms with van der Waals surface area (Å²) in [6.45, 7) is 2.53. The van der Waals surface area contributed by atoms with Crippen LogP contribution in [0.15, 0.2) is 30.3 Å². The maximum Gasteiger partial charge on any atom is 0.312 e. The highest BCUT2D eigenvalue weighted by molar-refractivity contribution is 5.79. The minimum absolute atomic E-state index is 0.00731. The maximum atomic E-state index is 12.0. The molecular formula is C16H18O4. The third-order valence-electron chi connectivity index (χ3n) is 5.01. The molecule has 3 fully saturated rings. The van der Waals surface area contributed by atoms with E-state index in [9.17, 15) is 4.79 Å². The first kappa shape index (κ1) is 12.4. The minimum atomic E-state index is -0.393. The van der Waals surface area contributed by atoms with E-state index in [0.29, 0.717) is 13.0 Å². The lowest BCUT2D eigenvalue weighted by Crippen LogP contribution is -2.44. The predicted molar refractivity (Wildman–Crippen MR) is 70.7 cm³/mol. The molecule has 0 amide bonds. The Bertz CT molecular complexity index is 529. The van der Waals surface area contributed by atoms with Crippen LogP contribution >= 0.6 is 0 Å². The number of ether oxygens (including phenoxy) is 3. The smallest absolute Gasteiger partial charge is 0.312 e. The van der Waals surface area contributed by atoms with Gasteiger partial charge in [0.2, 0.25) is 0 Å². The molecule has 2 saturated heterocycles. The van der Waals surface area contributed by atoms with Crippen LogP contribution in [-0.4, -0.2) is 24.8 Å².